The third-order valence-corrected chi connectivity index (χ3v) is 5.12. The van der Waals surface area contributed by atoms with Gasteiger partial charge in [-0.1, -0.05) is 12.1 Å². The zero-order valence-electron chi connectivity index (χ0n) is 16.5. The predicted octanol–water partition coefficient (Wildman–Crippen LogP) is 1.60. The number of likely N-dealkylation sites (tertiary alicyclic amines) is 1. The average Bonchev–Trinajstić information content (AvgIpc) is 2.91. The standard InChI is InChI=1S/C20H28N2O5/c1-5-21(6-2)17(23)13-20(15-8-7-9-16(12-15)27-4)14-18(24)22(19(20)25)10-11-26-3/h7-9,12H,5-6,10-11,13-14H2,1-4H3/t20-/m1/s1. The van der Waals surface area contributed by atoms with Gasteiger partial charge in [0.15, 0.2) is 0 Å². The number of carbonyl (C=O) groups excluding carboxylic acids is 3. The lowest BCUT2D eigenvalue weighted by Gasteiger charge is -2.30. The second-order valence-electron chi connectivity index (χ2n) is 6.58. The Hall–Kier alpha value is -2.41. The number of hydrogen-bond acceptors (Lipinski definition) is 5. The Kier molecular flexibility index (Phi) is 6.96. The van der Waals surface area contributed by atoms with Crippen molar-refractivity contribution in [1.82, 2.24) is 9.80 Å². The highest BCUT2D eigenvalue weighted by atomic mass is 16.5. The van der Waals surface area contributed by atoms with Gasteiger partial charge >= 0.3 is 0 Å². The van der Waals surface area contributed by atoms with Crippen LogP contribution in [0.25, 0.3) is 0 Å². The highest BCUT2D eigenvalue weighted by Crippen LogP contribution is 2.41. The van der Waals surface area contributed by atoms with E-state index in [4.69, 9.17) is 9.47 Å². The van der Waals surface area contributed by atoms with Crippen LogP contribution in [0.2, 0.25) is 0 Å². The van der Waals surface area contributed by atoms with Crippen molar-refractivity contribution in [2.45, 2.75) is 32.1 Å². The van der Waals surface area contributed by atoms with E-state index in [1.54, 1.807) is 36.3 Å². The van der Waals surface area contributed by atoms with Crippen molar-refractivity contribution in [3.63, 3.8) is 0 Å². The number of amides is 3. The molecule has 148 valence electrons. The molecule has 2 rings (SSSR count). The summed E-state index contributed by atoms with van der Waals surface area (Å²) in [4.78, 5) is 41.7. The first-order chi connectivity index (χ1) is 12.9. The molecule has 0 unspecified atom stereocenters. The van der Waals surface area contributed by atoms with Gasteiger partial charge in [-0.15, -0.1) is 0 Å². The number of carbonyl (C=O) groups is 3. The molecule has 0 spiro atoms. The molecule has 1 aromatic rings. The van der Waals surface area contributed by atoms with Gasteiger partial charge in [0.1, 0.15) is 5.75 Å². The second-order valence-corrected chi connectivity index (χ2v) is 6.58. The van der Waals surface area contributed by atoms with Crippen molar-refractivity contribution in [3.8, 4) is 5.75 Å². The molecule has 1 aliphatic heterocycles. The van der Waals surface area contributed by atoms with Crippen LogP contribution < -0.4 is 4.74 Å². The van der Waals surface area contributed by atoms with Crippen molar-refractivity contribution in [1.29, 1.82) is 0 Å². The number of methoxy groups -OCH3 is 2. The van der Waals surface area contributed by atoms with Crippen molar-refractivity contribution in [2.24, 2.45) is 0 Å². The molecule has 7 heteroatoms. The van der Waals surface area contributed by atoms with E-state index in [0.29, 0.717) is 24.4 Å². The SMILES string of the molecule is CCN(CC)C(=O)C[C@]1(c2cccc(OC)c2)CC(=O)N(CCOC)C1=O. The number of nitrogens with zero attached hydrogens (tertiary/aromatic N) is 2. The highest BCUT2D eigenvalue weighted by molar-refractivity contribution is 6.10. The summed E-state index contributed by atoms with van der Waals surface area (Å²) in [5.74, 6) is -0.194. The Morgan fingerprint density at radius 1 is 1.22 bits per heavy atom. The molecule has 0 bridgehead atoms. The van der Waals surface area contributed by atoms with Gasteiger partial charge in [0.2, 0.25) is 17.7 Å². The fourth-order valence-corrected chi connectivity index (χ4v) is 3.54. The Labute approximate surface area is 160 Å². The third kappa shape index (κ3) is 4.13. The lowest BCUT2D eigenvalue weighted by Crippen LogP contribution is -2.44. The van der Waals surface area contributed by atoms with E-state index in [1.807, 2.05) is 13.8 Å². The average molecular weight is 376 g/mol. The van der Waals surface area contributed by atoms with Gasteiger partial charge in [0.05, 0.1) is 25.7 Å². The maximum Gasteiger partial charge on any atom is 0.240 e. The van der Waals surface area contributed by atoms with Crippen LogP contribution in [0.4, 0.5) is 0 Å². The zero-order chi connectivity index (χ0) is 20.0. The topological polar surface area (TPSA) is 76.2 Å². The summed E-state index contributed by atoms with van der Waals surface area (Å²) in [6.45, 7) is 5.34. The van der Waals surface area contributed by atoms with E-state index < -0.39 is 5.41 Å². The molecule has 0 N–H and O–H groups in total. The van der Waals surface area contributed by atoms with Crippen molar-refractivity contribution in [2.75, 3.05) is 40.5 Å². The van der Waals surface area contributed by atoms with E-state index >= 15 is 0 Å². The quantitative estimate of drug-likeness (QED) is 0.612. The molecule has 1 aromatic carbocycles. The highest BCUT2D eigenvalue weighted by Gasteiger charge is 2.54. The van der Waals surface area contributed by atoms with Crippen LogP contribution >= 0.6 is 0 Å². The minimum absolute atomic E-state index is 0.0320. The summed E-state index contributed by atoms with van der Waals surface area (Å²) < 4.78 is 10.3. The lowest BCUT2D eigenvalue weighted by molar-refractivity contribution is -0.143. The zero-order valence-corrected chi connectivity index (χ0v) is 16.5. The fourth-order valence-electron chi connectivity index (χ4n) is 3.54. The van der Waals surface area contributed by atoms with Crippen LogP contribution in [0.15, 0.2) is 24.3 Å². The molecule has 1 aliphatic rings. The van der Waals surface area contributed by atoms with Crippen LogP contribution in [0, 0.1) is 0 Å². The molecule has 7 nitrogen and oxygen atoms in total. The van der Waals surface area contributed by atoms with E-state index in [1.165, 1.54) is 12.0 Å². The Morgan fingerprint density at radius 2 is 1.93 bits per heavy atom. The Balaban J connectivity index is 2.47. The van der Waals surface area contributed by atoms with Crippen molar-refractivity contribution < 1.29 is 23.9 Å². The summed E-state index contributed by atoms with van der Waals surface area (Å²) >= 11 is 0. The summed E-state index contributed by atoms with van der Waals surface area (Å²) in [6, 6.07) is 7.06. The van der Waals surface area contributed by atoms with E-state index in [9.17, 15) is 14.4 Å². The summed E-state index contributed by atoms with van der Waals surface area (Å²) in [6.07, 6.45) is -0.0778. The minimum Gasteiger partial charge on any atom is -0.497 e. The molecule has 1 fully saturated rings. The summed E-state index contributed by atoms with van der Waals surface area (Å²) in [5, 5.41) is 0. The van der Waals surface area contributed by atoms with Gasteiger partial charge in [-0.05, 0) is 31.5 Å². The van der Waals surface area contributed by atoms with E-state index in [-0.39, 0.29) is 43.7 Å². The number of ether oxygens (including phenoxy) is 2. The van der Waals surface area contributed by atoms with Crippen LogP contribution in [0.3, 0.4) is 0 Å². The first-order valence-electron chi connectivity index (χ1n) is 9.19. The van der Waals surface area contributed by atoms with Gasteiger partial charge in [-0.3, -0.25) is 19.3 Å². The first kappa shape index (κ1) is 20.9. The normalized spacial score (nSPS) is 19.5. The van der Waals surface area contributed by atoms with Crippen LogP contribution in [-0.4, -0.2) is 68.0 Å². The number of rotatable bonds is 9. The maximum absolute atomic E-state index is 13.3. The lowest BCUT2D eigenvalue weighted by atomic mass is 9.75. The Morgan fingerprint density at radius 3 is 2.52 bits per heavy atom. The van der Waals surface area contributed by atoms with Crippen molar-refractivity contribution in [3.05, 3.63) is 29.8 Å². The van der Waals surface area contributed by atoms with Gasteiger partial charge in [0, 0.05) is 33.0 Å². The third-order valence-electron chi connectivity index (χ3n) is 5.12. The molecule has 0 saturated carbocycles. The van der Waals surface area contributed by atoms with E-state index in [0.717, 1.165) is 0 Å². The van der Waals surface area contributed by atoms with Gasteiger partial charge in [-0.2, -0.15) is 0 Å². The maximum atomic E-state index is 13.3. The molecule has 1 atom stereocenters. The predicted molar refractivity (Wildman–Crippen MR) is 100 cm³/mol. The Bertz CT molecular complexity index is 701. The fraction of sp³-hybridized carbons (Fsp3) is 0.550. The monoisotopic (exact) mass is 376 g/mol. The minimum atomic E-state index is -1.21. The van der Waals surface area contributed by atoms with Crippen molar-refractivity contribution >= 4 is 17.7 Å². The molecule has 0 aromatic heterocycles. The number of imide groups is 1. The van der Waals surface area contributed by atoms with E-state index in [2.05, 4.69) is 0 Å². The van der Waals surface area contributed by atoms with Crippen LogP contribution in [-0.2, 0) is 24.5 Å². The number of benzene rings is 1. The molecular formula is C20H28N2O5. The molecule has 0 radical (unpaired) electrons. The van der Waals surface area contributed by atoms with Gasteiger partial charge in [-0.25, -0.2) is 0 Å². The first-order valence-corrected chi connectivity index (χ1v) is 9.19. The number of hydrogen-bond donors (Lipinski definition) is 0. The summed E-state index contributed by atoms with van der Waals surface area (Å²) in [5.41, 5.74) is -0.584. The van der Waals surface area contributed by atoms with Crippen LogP contribution in [0.5, 0.6) is 5.75 Å². The molecule has 0 aliphatic carbocycles. The molecule has 3 amide bonds. The smallest absolute Gasteiger partial charge is 0.240 e. The summed E-state index contributed by atoms with van der Waals surface area (Å²) in [7, 11) is 3.06. The largest absolute Gasteiger partial charge is 0.497 e. The van der Waals surface area contributed by atoms with Crippen LogP contribution in [0.1, 0.15) is 32.3 Å². The van der Waals surface area contributed by atoms with Gasteiger partial charge < -0.3 is 14.4 Å². The van der Waals surface area contributed by atoms with Gasteiger partial charge in [0.25, 0.3) is 0 Å². The molecule has 1 heterocycles. The second kappa shape index (κ2) is 8.99. The molecule has 1 saturated heterocycles. The molecular weight excluding hydrogens is 348 g/mol. The molecule has 27 heavy (non-hydrogen) atoms.